The Morgan fingerprint density at radius 2 is 2.05 bits per heavy atom. The third kappa shape index (κ3) is 2.90. The first-order valence-corrected chi connectivity index (χ1v) is 6.78. The van der Waals surface area contributed by atoms with Crippen molar-refractivity contribution in [1.82, 2.24) is 25.1 Å². The van der Waals surface area contributed by atoms with Gasteiger partial charge >= 0.3 is 0 Å². The molecule has 1 atom stereocenters. The molecule has 0 saturated heterocycles. The summed E-state index contributed by atoms with van der Waals surface area (Å²) in [5.74, 6) is 0.575. The Hall–Kier alpha value is -1.96. The molecule has 0 radical (unpaired) electrons. The van der Waals surface area contributed by atoms with Crippen molar-refractivity contribution in [3.8, 4) is 11.4 Å². The van der Waals surface area contributed by atoms with Crippen LogP contribution in [0.3, 0.4) is 0 Å². The van der Waals surface area contributed by atoms with Crippen LogP contribution in [-0.4, -0.2) is 25.1 Å². The highest BCUT2D eigenvalue weighted by atomic mass is 35.5. The van der Waals surface area contributed by atoms with Crippen LogP contribution < -0.4 is 5.73 Å². The van der Waals surface area contributed by atoms with E-state index in [-0.39, 0.29) is 5.89 Å². The van der Waals surface area contributed by atoms with E-state index in [2.05, 4.69) is 20.5 Å². The Balaban J connectivity index is 1.86. The summed E-state index contributed by atoms with van der Waals surface area (Å²) in [6.45, 7) is 0.373. The van der Waals surface area contributed by atoms with E-state index in [1.807, 2.05) is 0 Å². The molecular formula is C12H10Cl2N6O. The highest BCUT2D eigenvalue weighted by Crippen LogP contribution is 2.32. The lowest BCUT2D eigenvalue weighted by molar-refractivity contribution is 0.336. The fraction of sp³-hybridized carbons (Fsp3) is 0.167. The summed E-state index contributed by atoms with van der Waals surface area (Å²) in [5, 5.41) is 12.3. The van der Waals surface area contributed by atoms with Crippen LogP contribution in [0.4, 0.5) is 0 Å². The van der Waals surface area contributed by atoms with Crippen LogP contribution in [0.2, 0.25) is 10.0 Å². The summed E-state index contributed by atoms with van der Waals surface area (Å²) in [7, 11) is 0. The third-order valence-corrected chi connectivity index (χ3v) is 3.43. The van der Waals surface area contributed by atoms with Crippen molar-refractivity contribution in [2.45, 2.75) is 12.6 Å². The van der Waals surface area contributed by atoms with Gasteiger partial charge in [-0.3, -0.25) is 4.68 Å². The lowest BCUT2D eigenvalue weighted by Crippen LogP contribution is -2.18. The SMILES string of the molecule is N[C@H](Cn1ccnn1)c1nc(-c2c(Cl)cccc2Cl)no1. The van der Waals surface area contributed by atoms with Crippen LogP contribution >= 0.6 is 23.2 Å². The van der Waals surface area contributed by atoms with Crippen LogP contribution in [-0.2, 0) is 6.54 Å². The molecule has 2 heterocycles. The summed E-state index contributed by atoms with van der Waals surface area (Å²) >= 11 is 12.2. The lowest BCUT2D eigenvalue weighted by Gasteiger charge is -2.05. The molecule has 2 aromatic heterocycles. The average molecular weight is 325 g/mol. The lowest BCUT2D eigenvalue weighted by atomic mass is 10.2. The second kappa shape index (κ2) is 5.80. The van der Waals surface area contributed by atoms with Crippen molar-refractivity contribution in [3.05, 3.63) is 46.5 Å². The normalized spacial score (nSPS) is 12.5. The molecule has 108 valence electrons. The van der Waals surface area contributed by atoms with Gasteiger partial charge in [0.05, 0.1) is 28.4 Å². The Morgan fingerprint density at radius 1 is 1.29 bits per heavy atom. The van der Waals surface area contributed by atoms with E-state index in [0.717, 1.165) is 0 Å². The molecule has 0 spiro atoms. The molecule has 2 N–H and O–H groups in total. The topological polar surface area (TPSA) is 95.7 Å². The van der Waals surface area contributed by atoms with Gasteiger partial charge in [0.25, 0.3) is 0 Å². The zero-order chi connectivity index (χ0) is 14.8. The van der Waals surface area contributed by atoms with Crippen molar-refractivity contribution in [3.63, 3.8) is 0 Å². The van der Waals surface area contributed by atoms with Gasteiger partial charge in [-0.05, 0) is 12.1 Å². The zero-order valence-corrected chi connectivity index (χ0v) is 12.2. The molecule has 0 aliphatic heterocycles. The first-order valence-electron chi connectivity index (χ1n) is 6.03. The van der Waals surface area contributed by atoms with Crippen LogP contribution in [0.15, 0.2) is 35.1 Å². The smallest absolute Gasteiger partial charge is 0.245 e. The van der Waals surface area contributed by atoms with E-state index < -0.39 is 6.04 Å². The van der Waals surface area contributed by atoms with E-state index in [1.165, 1.54) is 0 Å². The number of nitrogens with two attached hydrogens (primary N) is 1. The summed E-state index contributed by atoms with van der Waals surface area (Å²) in [6.07, 6.45) is 3.26. The monoisotopic (exact) mass is 324 g/mol. The summed E-state index contributed by atoms with van der Waals surface area (Å²) in [6, 6.07) is 4.64. The van der Waals surface area contributed by atoms with E-state index in [1.54, 1.807) is 35.3 Å². The molecule has 0 bridgehead atoms. The minimum Gasteiger partial charge on any atom is -0.337 e. The van der Waals surface area contributed by atoms with Crippen molar-refractivity contribution < 1.29 is 4.52 Å². The fourth-order valence-corrected chi connectivity index (χ4v) is 2.37. The molecule has 0 aliphatic rings. The number of hydrogen-bond acceptors (Lipinski definition) is 6. The molecule has 21 heavy (non-hydrogen) atoms. The number of rotatable bonds is 4. The van der Waals surface area contributed by atoms with Crippen LogP contribution in [0, 0.1) is 0 Å². The first kappa shape index (κ1) is 14.0. The Morgan fingerprint density at radius 3 is 2.71 bits per heavy atom. The van der Waals surface area contributed by atoms with Crippen molar-refractivity contribution >= 4 is 23.2 Å². The number of benzene rings is 1. The van der Waals surface area contributed by atoms with E-state index in [0.29, 0.717) is 28.0 Å². The van der Waals surface area contributed by atoms with Crippen molar-refractivity contribution in [1.29, 1.82) is 0 Å². The van der Waals surface area contributed by atoms with Gasteiger partial charge in [0.15, 0.2) is 0 Å². The van der Waals surface area contributed by atoms with E-state index in [4.69, 9.17) is 33.5 Å². The fourth-order valence-electron chi connectivity index (χ4n) is 1.81. The average Bonchev–Trinajstić information content (AvgIpc) is 3.10. The number of nitrogens with zero attached hydrogens (tertiary/aromatic N) is 5. The molecule has 0 amide bonds. The first-order chi connectivity index (χ1) is 10.1. The maximum Gasteiger partial charge on any atom is 0.245 e. The number of hydrogen-bond donors (Lipinski definition) is 1. The van der Waals surface area contributed by atoms with Gasteiger partial charge in [0.2, 0.25) is 11.7 Å². The molecule has 0 aliphatic carbocycles. The van der Waals surface area contributed by atoms with Gasteiger partial charge in [0.1, 0.15) is 6.04 Å². The van der Waals surface area contributed by atoms with Gasteiger partial charge in [0, 0.05) is 6.20 Å². The molecule has 0 saturated carbocycles. The molecule has 9 heteroatoms. The molecule has 0 unspecified atom stereocenters. The zero-order valence-electron chi connectivity index (χ0n) is 10.6. The standard InChI is InChI=1S/C12H10Cl2N6O/c13-7-2-1-3-8(14)10(7)11-17-12(21-18-11)9(15)6-20-5-4-16-19-20/h1-5,9H,6,15H2/t9-/m1/s1. The second-order valence-electron chi connectivity index (χ2n) is 4.28. The largest absolute Gasteiger partial charge is 0.337 e. The van der Waals surface area contributed by atoms with Crippen LogP contribution in [0.5, 0.6) is 0 Å². The highest BCUT2D eigenvalue weighted by Gasteiger charge is 2.19. The maximum absolute atomic E-state index is 6.11. The minimum absolute atomic E-state index is 0.275. The number of halogens is 2. The molecular weight excluding hydrogens is 315 g/mol. The molecule has 3 rings (SSSR count). The van der Waals surface area contributed by atoms with E-state index >= 15 is 0 Å². The van der Waals surface area contributed by atoms with Gasteiger partial charge < -0.3 is 10.3 Å². The summed E-state index contributed by atoms with van der Waals surface area (Å²) in [5.41, 5.74) is 6.52. The predicted molar refractivity (Wildman–Crippen MR) is 76.7 cm³/mol. The Labute approximate surface area is 129 Å². The Kier molecular flexibility index (Phi) is 3.87. The third-order valence-electron chi connectivity index (χ3n) is 2.80. The molecule has 0 fully saturated rings. The van der Waals surface area contributed by atoms with Gasteiger partial charge in [-0.15, -0.1) is 5.10 Å². The quantitative estimate of drug-likeness (QED) is 0.791. The van der Waals surface area contributed by atoms with Crippen molar-refractivity contribution in [2.75, 3.05) is 0 Å². The van der Waals surface area contributed by atoms with Gasteiger partial charge in [-0.25, -0.2) is 0 Å². The Bertz CT molecular complexity index is 722. The van der Waals surface area contributed by atoms with Gasteiger partial charge in [-0.1, -0.05) is 39.6 Å². The predicted octanol–water partition coefficient (Wildman–Crippen LogP) is 2.33. The van der Waals surface area contributed by atoms with Crippen LogP contribution in [0.1, 0.15) is 11.9 Å². The van der Waals surface area contributed by atoms with E-state index in [9.17, 15) is 0 Å². The molecule has 7 nitrogen and oxygen atoms in total. The van der Waals surface area contributed by atoms with Gasteiger partial charge in [-0.2, -0.15) is 4.98 Å². The molecule has 1 aromatic carbocycles. The summed E-state index contributed by atoms with van der Waals surface area (Å²) < 4.78 is 6.76. The number of aromatic nitrogens is 5. The maximum atomic E-state index is 6.11. The second-order valence-corrected chi connectivity index (χ2v) is 5.10. The van der Waals surface area contributed by atoms with Crippen LogP contribution in [0.25, 0.3) is 11.4 Å². The summed E-state index contributed by atoms with van der Waals surface area (Å²) in [4.78, 5) is 4.25. The highest BCUT2D eigenvalue weighted by molar-refractivity contribution is 6.38. The van der Waals surface area contributed by atoms with Crippen molar-refractivity contribution in [2.24, 2.45) is 5.73 Å². The minimum atomic E-state index is -0.505. The molecule has 3 aromatic rings.